The van der Waals surface area contributed by atoms with Crippen molar-refractivity contribution >= 4 is 8.56 Å². The van der Waals surface area contributed by atoms with Gasteiger partial charge >= 0.3 is 8.56 Å². The SMILES string of the molecule is CCCCO[Si](CC)(CCOCC1CO1)OCCCC. The van der Waals surface area contributed by atoms with Crippen LogP contribution in [-0.4, -0.2) is 47.7 Å². The van der Waals surface area contributed by atoms with Gasteiger partial charge in [0.2, 0.25) is 0 Å². The van der Waals surface area contributed by atoms with Gasteiger partial charge in [-0.05, 0) is 18.9 Å². The van der Waals surface area contributed by atoms with Gasteiger partial charge in [-0.25, -0.2) is 0 Å². The van der Waals surface area contributed by atoms with Crippen molar-refractivity contribution in [3.8, 4) is 0 Å². The van der Waals surface area contributed by atoms with Gasteiger partial charge < -0.3 is 18.3 Å². The molecule has 4 nitrogen and oxygen atoms in total. The molecule has 0 spiro atoms. The molecule has 1 fully saturated rings. The monoisotopic (exact) mass is 304 g/mol. The third-order valence-electron chi connectivity index (χ3n) is 3.60. The van der Waals surface area contributed by atoms with Crippen LogP contribution in [-0.2, 0) is 18.3 Å². The molecule has 0 N–H and O–H groups in total. The lowest BCUT2D eigenvalue weighted by Crippen LogP contribution is -2.43. The maximum Gasteiger partial charge on any atom is 0.340 e. The fourth-order valence-electron chi connectivity index (χ4n) is 1.98. The molecule has 1 unspecified atom stereocenters. The van der Waals surface area contributed by atoms with Crippen molar-refractivity contribution in [3.63, 3.8) is 0 Å². The predicted molar refractivity (Wildman–Crippen MR) is 83.3 cm³/mol. The second-order valence-corrected chi connectivity index (χ2v) is 9.05. The van der Waals surface area contributed by atoms with Crippen LogP contribution in [0.1, 0.15) is 46.5 Å². The van der Waals surface area contributed by atoms with E-state index in [9.17, 15) is 0 Å². The number of rotatable bonds is 14. The summed E-state index contributed by atoms with van der Waals surface area (Å²) in [6.07, 6.45) is 4.90. The van der Waals surface area contributed by atoms with Crippen LogP contribution in [0.2, 0.25) is 12.1 Å². The third kappa shape index (κ3) is 7.74. The lowest BCUT2D eigenvalue weighted by Gasteiger charge is -2.30. The molecule has 20 heavy (non-hydrogen) atoms. The van der Waals surface area contributed by atoms with E-state index in [1.165, 1.54) is 12.8 Å². The topological polar surface area (TPSA) is 40.2 Å². The van der Waals surface area contributed by atoms with Crippen LogP contribution in [0.25, 0.3) is 0 Å². The summed E-state index contributed by atoms with van der Waals surface area (Å²) in [7, 11) is -2.06. The summed E-state index contributed by atoms with van der Waals surface area (Å²) in [6.45, 7) is 10.5. The second-order valence-electron chi connectivity index (χ2n) is 5.45. The Hall–Kier alpha value is 0.0569. The lowest BCUT2D eigenvalue weighted by atomic mass is 10.4. The molecule has 1 aliphatic heterocycles. The third-order valence-corrected chi connectivity index (χ3v) is 7.10. The van der Waals surface area contributed by atoms with Gasteiger partial charge in [-0.2, -0.15) is 0 Å². The molecule has 1 heterocycles. The Labute approximate surface area is 125 Å². The van der Waals surface area contributed by atoms with Crippen molar-refractivity contribution in [2.24, 2.45) is 0 Å². The minimum Gasteiger partial charge on any atom is -0.394 e. The summed E-state index contributed by atoms with van der Waals surface area (Å²) >= 11 is 0. The Morgan fingerprint density at radius 2 is 1.60 bits per heavy atom. The highest BCUT2D eigenvalue weighted by atomic mass is 28.4. The number of epoxide rings is 1. The summed E-state index contributed by atoms with van der Waals surface area (Å²) < 4.78 is 23.2. The smallest absolute Gasteiger partial charge is 0.340 e. The van der Waals surface area contributed by atoms with E-state index in [0.717, 1.165) is 58.0 Å². The van der Waals surface area contributed by atoms with E-state index < -0.39 is 8.56 Å². The Morgan fingerprint density at radius 1 is 1.00 bits per heavy atom. The first-order valence-corrected chi connectivity index (χ1v) is 10.5. The molecule has 0 amide bonds. The summed E-state index contributed by atoms with van der Waals surface area (Å²) in [4.78, 5) is 0. The first kappa shape index (κ1) is 18.1. The van der Waals surface area contributed by atoms with Crippen molar-refractivity contribution in [2.45, 2.75) is 64.6 Å². The molecule has 120 valence electrons. The van der Waals surface area contributed by atoms with E-state index in [0.29, 0.717) is 6.10 Å². The van der Waals surface area contributed by atoms with Crippen molar-refractivity contribution in [2.75, 3.05) is 33.0 Å². The van der Waals surface area contributed by atoms with Crippen LogP contribution in [0.4, 0.5) is 0 Å². The van der Waals surface area contributed by atoms with Crippen LogP contribution >= 0.6 is 0 Å². The van der Waals surface area contributed by atoms with Crippen LogP contribution in [0.15, 0.2) is 0 Å². The highest BCUT2D eigenvalue weighted by molar-refractivity contribution is 6.67. The van der Waals surface area contributed by atoms with Crippen molar-refractivity contribution in [1.82, 2.24) is 0 Å². The van der Waals surface area contributed by atoms with Crippen molar-refractivity contribution in [1.29, 1.82) is 0 Å². The Bertz CT molecular complexity index is 224. The van der Waals surface area contributed by atoms with Crippen LogP contribution in [0.5, 0.6) is 0 Å². The maximum absolute atomic E-state index is 6.19. The molecule has 1 rings (SSSR count). The molecule has 0 aromatic rings. The molecule has 0 aromatic heterocycles. The van der Waals surface area contributed by atoms with Gasteiger partial charge in [0.05, 0.1) is 13.2 Å². The highest BCUT2D eigenvalue weighted by Gasteiger charge is 2.35. The molecule has 1 atom stereocenters. The van der Waals surface area contributed by atoms with E-state index in [4.69, 9.17) is 18.3 Å². The molecular formula is C15H32O4Si. The van der Waals surface area contributed by atoms with Gasteiger partial charge in [-0.3, -0.25) is 0 Å². The summed E-state index contributed by atoms with van der Waals surface area (Å²) in [6, 6.07) is 1.94. The molecule has 1 saturated heterocycles. The van der Waals surface area contributed by atoms with Crippen LogP contribution < -0.4 is 0 Å². The fourth-order valence-corrected chi connectivity index (χ4v) is 4.60. The number of ether oxygens (including phenoxy) is 2. The van der Waals surface area contributed by atoms with Crippen LogP contribution in [0.3, 0.4) is 0 Å². The minimum absolute atomic E-state index is 0.342. The van der Waals surface area contributed by atoms with Crippen molar-refractivity contribution < 1.29 is 18.3 Å². The maximum atomic E-state index is 6.19. The summed E-state index contributed by atoms with van der Waals surface area (Å²) in [5.41, 5.74) is 0. The quantitative estimate of drug-likeness (QED) is 0.280. The lowest BCUT2D eigenvalue weighted by molar-refractivity contribution is 0.109. The van der Waals surface area contributed by atoms with Gasteiger partial charge in [-0.1, -0.05) is 33.6 Å². The average molecular weight is 305 g/mol. The molecule has 0 bridgehead atoms. The molecule has 0 aliphatic carbocycles. The Balaban J connectivity index is 2.31. The zero-order valence-electron chi connectivity index (χ0n) is 13.5. The molecule has 0 aromatic carbocycles. The first-order valence-electron chi connectivity index (χ1n) is 8.23. The Kier molecular flexibility index (Phi) is 9.72. The highest BCUT2D eigenvalue weighted by Crippen LogP contribution is 2.21. The van der Waals surface area contributed by atoms with E-state index >= 15 is 0 Å². The molecular weight excluding hydrogens is 272 g/mol. The van der Waals surface area contributed by atoms with Crippen LogP contribution in [0, 0.1) is 0 Å². The summed E-state index contributed by atoms with van der Waals surface area (Å²) in [5.74, 6) is 0. The van der Waals surface area contributed by atoms with Gasteiger partial charge in [0, 0.05) is 25.9 Å². The second kappa shape index (κ2) is 10.7. The zero-order chi connectivity index (χ0) is 14.7. The largest absolute Gasteiger partial charge is 0.394 e. The van der Waals surface area contributed by atoms with E-state index in [2.05, 4.69) is 20.8 Å². The van der Waals surface area contributed by atoms with Gasteiger partial charge in [-0.15, -0.1) is 0 Å². The van der Waals surface area contributed by atoms with Gasteiger partial charge in [0.1, 0.15) is 6.10 Å². The average Bonchev–Trinajstić information content (AvgIpc) is 3.27. The predicted octanol–water partition coefficient (Wildman–Crippen LogP) is 3.50. The van der Waals surface area contributed by atoms with Crippen molar-refractivity contribution in [3.05, 3.63) is 0 Å². The normalized spacial score (nSPS) is 18.4. The minimum atomic E-state index is -2.06. The Morgan fingerprint density at radius 3 is 2.05 bits per heavy atom. The number of hydrogen-bond acceptors (Lipinski definition) is 4. The van der Waals surface area contributed by atoms with E-state index in [-0.39, 0.29) is 0 Å². The number of unbranched alkanes of at least 4 members (excludes halogenated alkanes) is 2. The fraction of sp³-hybridized carbons (Fsp3) is 1.00. The van der Waals surface area contributed by atoms with Gasteiger partial charge in [0.15, 0.2) is 0 Å². The van der Waals surface area contributed by atoms with E-state index in [1.807, 2.05) is 0 Å². The molecule has 5 heteroatoms. The summed E-state index contributed by atoms with van der Waals surface area (Å²) in [5, 5.41) is 0. The zero-order valence-corrected chi connectivity index (χ0v) is 14.5. The molecule has 1 aliphatic rings. The van der Waals surface area contributed by atoms with E-state index in [1.54, 1.807) is 0 Å². The molecule has 0 radical (unpaired) electrons. The number of hydrogen-bond donors (Lipinski definition) is 0. The standard InChI is InChI=1S/C15H32O4Si/c1-4-7-9-18-20(6-3,19-10-8-5-2)12-11-16-13-15-14-17-15/h15H,4-14H2,1-3H3. The van der Waals surface area contributed by atoms with Gasteiger partial charge in [0.25, 0.3) is 0 Å². The first-order chi connectivity index (χ1) is 9.76. The molecule has 0 saturated carbocycles.